The maximum absolute atomic E-state index is 11.7. The highest BCUT2D eigenvalue weighted by Gasteiger charge is 2.27. The normalized spacial score (nSPS) is 17.2. The van der Waals surface area contributed by atoms with Gasteiger partial charge in [-0.25, -0.2) is 4.79 Å². The number of hydrogen-bond donors (Lipinski definition) is 1. The van der Waals surface area contributed by atoms with Crippen LogP contribution in [0, 0.1) is 0 Å². The van der Waals surface area contributed by atoms with Crippen LogP contribution >= 0.6 is 23.4 Å². The number of sulfonamides is 1. The van der Waals surface area contributed by atoms with Gasteiger partial charge in [0, 0.05) is 4.90 Å². The zero-order chi connectivity index (χ0) is 12.8. The molecule has 90 valence electrons. The second-order valence-electron chi connectivity index (χ2n) is 3.27. The minimum Gasteiger partial charge on any atom is -0.478 e. The van der Waals surface area contributed by atoms with E-state index in [0.29, 0.717) is 9.94 Å². The van der Waals surface area contributed by atoms with Gasteiger partial charge < -0.3 is 5.11 Å². The SMILES string of the molecule is CC1=NS(=O)(=O)c2cc(C(=O)O)c(Cl)cc2S1. The topological polar surface area (TPSA) is 83.8 Å². The first kappa shape index (κ1) is 12.4. The van der Waals surface area contributed by atoms with Crippen molar-refractivity contribution < 1.29 is 18.3 Å². The first-order valence-electron chi connectivity index (χ1n) is 4.37. The molecule has 0 bridgehead atoms. The number of carbonyl (C=O) groups is 1. The molecule has 1 N–H and O–H groups in total. The predicted molar refractivity (Wildman–Crippen MR) is 64.6 cm³/mol. The van der Waals surface area contributed by atoms with Crippen LogP contribution in [0.3, 0.4) is 0 Å². The van der Waals surface area contributed by atoms with E-state index >= 15 is 0 Å². The first-order chi connectivity index (χ1) is 7.81. The van der Waals surface area contributed by atoms with Crippen molar-refractivity contribution in [1.29, 1.82) is 0 Å². The lowest BCUT2D eigenvalue weighted by Crippen LogP contribution is -2.09. The number of fused-ring (bicyclic) bond motifs is 1. The Kier molecular flexibility index (Phi) is 2.92. The van der Waals surface area contributed by atoms with Crippen LogP contribution in [0.15, 0.2) is 26.3 Å². The van der Waals surface area contributed by atoms with Crippen LogP contribution in [0.4, 0.5) is 0 Å². The Balaban J connectivity index is 2.75. The van der Waals surface area contributed by atoms with Gasteiger partial charge >= 0.3 is 5.97 Å². The summed E-state index contributed by atoms with van der Waals surface area (Å²) in [6.07, 6.45) is 0. The van der Waals surface area contributed by atoms with Crippen LogP contribution in [-0.4, -0.2) is 24.5 Å². The van der Waals surface area contributed by atoms with Crippen molar-refractivity contribution in [3.05, 3.63) is 22.7 Å². The number of thioether (sulfide) groups is 1. The second-order valence-corrected chi connectivity index (χ2v) is 6.49. The molecule has 0 fully saturated rings. The average Bonchev–Trinajstić information content (AvgIpc) is 2.13. The lowest BCUT2D eigenvalue weighted by molar-refractivity contribution is 0.0696. The summed E-state index contributed by atoms with van der Waals surface area (Å²) < 4.78 is 27.0. The molecule has 2 rings (SSSR count). The van der Waals surface area contributed by atoms with E-state index in [-0.39, 0.29) is 15.5 Å². The molecule has 0 saturated heterocycles. The van der Waals surface area contributed by atoms with Crippen molar-refractivity contribution in [1.82, 2.24) is 0 Å². The number of hydrogen-bond acceptors (Lipinski definition) is 4. The van der Waals surface area contributed by atoms with E-state index in [4.69, 9.17) is 16.7 Å². The number of aromatic carboxylic acids is 1. The third-order valence-corrected chi connectivity index (χ3v) is 4.96. The van der Waals surface area contributed by atoms with Gasteiger partial charge in [-0.15, -0.1) is 0 Å². The van der Waals surface area contributed by atoms with Crippen molar-refractivity contribution in [3.8, 4) is 0 Å². The van der Waals surface area contributed by atoms with Gasteiger partial charge in [0.05, 0.1) is 15.6 Å². The molecule has 1 heterocycles. The van der Waals surface area contributed by atoms with Crippen LogP contribution < -0.4 is 0 Å². The smallest absolute Gasteiger partial charge is 0.337 e. The minimum absolute atomic E-state index is 0.00801. The zero-order valence-electron chi connectivity index (χ0n) is 8.47. The van der Waals surface area contributed by atoms with Gasteiger partial charge in [-0.05, 0) is 19.1 Å². The van der Waals surface area contributed by atoms with E-state index in [1.54, 1.807) is 6.92 Å². The number of benzene rings is 1. The molecule has 5 nitrogen and oxygen atoms in total. The monoisotopic (exact) mass is 291 g/mol. The maximum atomic E-state index is 11.7. The average molecular weight is 292 g/mol. The van der Waals surface area contributed by atoms with Crippen LogP contribution in [-0.2, 0) is 10.0 Å². The molecule has 0 amide bonds. The summed E-state index contributed by atoms with van der Waals surface area (Å²) >= 11 is 6.91. The Morgan fingerprint density at radius 3 is 2.71 bits per heavy atom. The predicted octanol–water partition coefficient (Wildman–Crippen LogP) is 2.25. The molecular formula is C9H6ClNO4S2. The Morgan fingerprint density at radius 1 is 1.47 bits per heavy atom. The highest BCUT2D eigenvalue weighted by molar-refractivity contribution is 8.15. The van der Waals surface area contributed by atoms with Gasteiger partial charge in [0.2, 0.25) is 0 Å². The second kappa shape index (κ2) is 4.01. The standard InChI is InChI=1S/C9H6ClNO4S2/c1-4-11-17(14,15)8-2-5(9(12)13)6(10)3-7(8)16-4/h2-3H,1H3,(H,12,13). The Labute approximate surface area is 107 Å². The number of rotatable bonds is 1. The summed E-state index contributed by atoms with van der Waals surface area (Å²) in [4.78, 5) is 11.1. The molecule has 1 aromatic rings. The largest absolute Gasteiger partial charge is 0.478 e. The molecule has 1 aliphatic heterocycles. The zero-order valence-corrected chi connectivity index (χ0v) is 10.9. The van der Waals surface area contributed by atoms with E-state index in [1.807, 2.05) is 0 Å². The van der Waals surface area contributed by atoms with Gasteiger partial charge in [0.25, 0.3) is 10.0 Å². The number of nitrogens with zero attached hydrogens (tertiary/aromatic N) is 1. The Morgan fingerprint density at radius 2 is 2.12 bits per heavy atom. The number of carboxylic acid groups (broad SMARTS) is 1. The summed E-state index contributed by atoms with van der Waals surface area (Å²) in [5.74, 6) is -1.27. The molecule has 8 heteroatoms. The van der Waals surface area contributed by atoms with E-state index in [1.165, 1.54) is 6.07 Å². The fourth-order valence-electron chi connectivity index (χ4n) is 1.38. The molecule has 0 aliphatic carbocycles. The van der Waals surface area contributed by atoms with Gasteiger partial charge in [-0.2, -0.15) is 12.8 Å². The Hall–Kier alpha value is -1.05. The molecule has 0 spiro atoms. The van der Waals surface area contributed by atoms with Crippen LogP contribution in [0.2, 0.25) is 5.02 Å². The van der Waals surface area contributed by atoms with Crippen molar-refractivity contribution >= 4 is 44.4 Å². The summed E-state index contributed by atoms with van der Waals surface area (Å²) in [6, 6.07) is 2.37. The highest BCUT2D eigenvalue weighted by atomic mass is 35.5. The lowest BCUT2D eigenvalue weighted by atomic mass is 10.2. The van der Waals surface area contributed by atoms with E-state index < -0.39 is 16.0 Å². The molecule has 0 saturated carbocycles. The van der Waals surface area contributed by atoms with Crippen molar-refractivity contribution in [2.24, 2.45) is 4.40 Å². The first-order valence-corrected chi connectivity index (χ1v) is 7.01. The van der Waals surface area contributed by atoms with Crippen molar-refractivity contribution in [2.75, 3.05) is 0 Å². The highest BCUT2D eigenvalue weighted by Crippen LogP contribution is 2.37. The molecule has 0 unspecified atom stereocenters. The van der Waals surface area contributed by atoms with Crippen molar-refractivity contribution in [3.63, 3.8) is 0 Å². The molecular weight excluding hydrogens is 286 g/mol. The van der Waals surface area contributed by atoms with Crippen LogP contribution in [0.25, 0.3) is 0 Å². The number of carboxylic acids is 1. The summed E-state index contributed by atoms with van der Waals surface area (Å²) in [5.41, 5.74) is -0.246. The third-order valence-electron chi connectivity index (χ3n) is 2.05. The quantitative estimate of drug-likeness (QED) is 0.858. The van der Waals surface area contributed by atoms with Gasteiger partial charge in [-0.1, -0.05) is 23.4 Å². The molecule has 1 aromatic carbocycles. The summed E-state index contributed by atoms with van der Waals surface area (Å²) in [5, 5.41) is 9.25. The fraction of sp³-hybridized carbons (Fsp3) is 0.111. The lowest BCUT2D eigenvalue weighted by Gasteiger charge is -2.14. The molecule has 17 heavy (non-hydrogen) atoms. The fourth-order valence-corrected chi connectivity index (χ4v) is 4.24. The summed E-state index contributed by atoms with van der Waals surface area (Å²) in [7, 11) is -3.82. The van der Waals surface area contributed by atoms with E-state index in [2.05, 4.69) is 4.40 Å². The maximum Gasteiger partial charge on any atom is 0.337 e. The van der Waals surface area contributed by atoms with Crippen LogP contribution in [0.5, 0.6) is 0 Å². The third kappa shape index (κ3) is 2.18. The number of halogens is 1. The molecule has 0 aromatic heterocycles. The molecule has 1 aliphatic rings. The van der Waals surface area contributed by atoms with Gasteiger partial charge in [-0.3, -0.25) is 0 Å². The Bertz CT molecular complexity index is 651. The summed E-state index contributed by atoms with van der Waals surface area (Å²) in [6.45, 7) is 1.56. The van der Waals surface area contributed by atoms with Crippen molar-refractivity contribution in [2.45, 2.75) is 16.7 Å². The van der Waals surface area contributed by atoms with E-state index in [0.717, 1.165) is 17.8 Å². The van der Waals surface area contributed by atoms with Gasteiger partial charge in [0.1, 0.15) is 4.90 Å². The van der Waals surface area contributed by atoms with Gasteiger partial charge in [0.15, 0.2) is 0 Å². The molecule has 0 atom stereocenters. The van der Waals surface area contributed by atoms with Crippen LogP contribution in [0.1, 0.15) is 17.3 Å². The van der Waals surface area contributed by atoms with E-state index in [9.17, 15) is 13.2 Å². The minimum atomic E-state index is -3.82. The molecule has 0 radical (unpaired) electrons.